The molecule has 5 heteroatoms. The van der Waals surface area contributed by atoms with Crippen molar-refractivity contribution in [2.75, 3.05) is 12.9 Å². The molecule has 1 aromatic heterocycles. The number of nitrogens with zero attached hydrogens (tertiary/aromatic N) is 2. The van der Waals surface area contributed by atoms with Crippen LogP contribution in [0.25, 0.3) is 0 Å². The largest absolute Gasteiger partial charge is 0.480 e. The van der Waals surface area contributed by atoms with E-state index in [1.807, 2.05) is 11.8 Å². The lowest BCUT2D eigenvalue weighted by atomic mass is 10.0. The highest BCUT2D eigenvalue weighted by molar-refractivity contribution is 7.99. The van der Waals surface area contributed by atoms with E-state index in [1.54, 1.807) is 19.5 Å². The number of rotatable bonds is 5. The minimum Gasteiger partial charge on any atom is -0.480 e. The molecule has 1 atom stereocenters. The Balaban J connectivity index is 1.88. The summed E-state index contributed by atoms with van der Waals surface area (Å²) < 4.78 is 5.20. The van der Waals surface area contributed by atoms with Gasteiger partial charge in [-0.15, -0.1) is 0 Å². The van der Waals surface area contributed by atoms with Gasteiger partial charge >= 0.3 is 0 Å². The Morgan fingerprint density at radius 1 is 1.33 bits per heavy atom. The summed E-state index contributed by atoms with van der Waals surface area (Å²) in [7, 11) is 1.61. The van der Waals surface area contributed by atoms with Crippen molar-refractivity contribution < 1.29 is 4.74 Å². The molecule has 0 spiro atoms. The third kappa shape index (κ3) is 3.59. The molecule has 2 rings (SSSR count). The zero-order chi connectivity index (χ0) is 12.8. The van der Waals surface area contributed by atoms with E-state index >= 15 is 0 Å². The van der Waals surface area contributed by atoms with Crippen LogP contribution in [-0.4, -0.2) is 28.1 Å². The molecule has 1 aliphatic rings. The van der Waals surface area contributed by atoms with Crippen molar-refractivity contribution in [3.8, 4) is 5.88 Å². The molecule has 0 radical (unpaired) electrons. The number of methoxy groups -OCH3 is 1. The van der Waals surface area contributed by atoms with E-state index in [4.69, 9.17) is 10.5 Å². The molecule has 0 saturated heterocycles. The van der Waals surface area contributed by atoms with Gasteiger partial charge in [-0.1, -0.05) is 19.3 Å². The van der Waals surface area contributed by atoms with Crippen LogP contribution in [0.3, 0.4) is 0 Å². The zero-order valence-electron chi connectivity index (χ0n) is 10.8. The lowest BCUT2D eigenvalue weighted by molar-refractivity contribution is 0.386. The van der Waals surface area contributed by atoms with E-state index in [0.717, 1.165) is 16.7 Å². The molecule has 2 N–H and O–H groups in total. The molecule has 0 bridgehead atoms. The second-order valence-electron chi connectivity index (χ2n) is 4.65. The summed E-state index contributed by atoms with van der Waals surface area (Å²) in [6.45, 7) is 0. The van der Waals surface area contributed by atoms with E-state index in [1.165, 1.54) is 32.1 Å². The van der Waals surface area contributed by atoms with Crippen LogP contribution in [0.5, 0.6) is 5.88 Å². The van der Waals surface area contributed by atoms with Gasteiger partial charge in [0.15, 0.2) is 0 Å². The quantitative estimate of drug-likeness (QED) is 0.888. The van der Waals surface area contributed by atoms with Crippen LogP contribution in [-0.2, 0) is 0 Å². The molecule has 0 aromatic carbocycles. The van der Waals surface area contributed by atoms with Crippen LogP contribution >= 0.6 is 11.8 Å². The highest BCUT2D eigenvalue weighted by atomic mass is 32.2. The summed E-state index contributed by atoms with van der Waals surface area (Å²) in [5.41, 5.74) is 6.95. The van der Waals surface area contributed by atoms with Crippen LogP contribution < -0.4 is 10.5 Å². The number of thioether (sulfide) groups is 1. The minimum atomic E-state index is -0.0967. The lowest BCUT2D eigenvalue weighted by Crippen LogP contribution is -2.19. The molecule has 4 nitrogen and oxygen atoms in total. The highest BCUT2D eigenvalue weighted by Gasteiger charge is 2.18. The zero-order valence-corrected chi connectivity index (χ0v) is 11.7. The van der Waals surface area contributed by atoms with Gasteiger partial charge in [0.2, 0.25) is 5.88 Å². The normalized spacial score (nSPS) is 18.6. The molecule has 1 aliphatic carbocycles. The van der Waals surface area contributed by atoms with Crippen molar-refractivity contribution in [2.24, 2.45) is 5.73 Å². The summed E-state index contributed by atoms with van der Waals surface area (Å²) >= 11 is 1.97. The van der Waals surface area contributed by atoms with Crippen molar-refractivity contribution in [1.29, 1.82) is 0 Å². The monoisotopic (exact) mass is 267 g/mol. The summed E-state index contributed by atoms with van der Waals surface area (Å²) in [6, 6.07) is -0.0967. The fourth-order valence-electron chi connectivity index (χ4n) is 2.30. The predicted molar refractivity (Wildman–Crippen MR) is 74.8 cm³/mol. The van der Waals surface area contributed by atoms with Crippen molar-refractivity contribution in [3.05, 3.63) is 18.1 Å². The Labute approximate surface area is 113 Å². The molecule has 1 heterocycles. The topological polar surface area (TPSA) is 61.0 Å². The van der Waals surface area contributed by atoms with Gasteiger partial charge in [-0.3, -0.25) is 4.98 Å². The van der Waals surface area contributed by atoms with Crippen LogP contribution in [0.2, 0.25) is 0 Å². The average molecular weight is 267 g/mol. The molecule has 0 aliphatic heterocycles. The summed E-state index contributed by atoms with van der Waals surface area (Å²) in [4.78, 5) is 8.43. The lowest BCUT2D eigenvalue weighted by Gasteiger charge is -2.22. The fourth-order valence-corrected chi connectivity index (χ4v) is 3.60. The highest BCUT2D eigenvalue weighted by Crippen LogP contribution is 2.31. The molecule has 1 saturated carbocycles. The number of hydrogen-bond donors (Lipinski definition) is 1. The maximum atomic E-state index is 6.19. The van der Waals surface area contributed by atoms with E-state index in [9.17, 15) is 0 Å². The molecule has 1 fully saturated rings. The van der Waals surface area contributed by atoms with Gasteiger partial charge in [-0.2, -0.15) is 11.8 Å². The Morgan fingerprint density at radius 2 is 2.06 bits per heavy atom. The second-order valence-corrected chi connectivity index (χ2v) is 5.98. The van der Waals surface area contributed by atoms with Crippen molar-refractivity contribution in [1.82, 2.24) is 9.97 Å². The molecule has 0 amide bonds. The standard InChI is InChI=1S/C13H21N3OS/c1-17-13-12(15-7-8-16-13)11(14)9-18-10-5-3-2-4-6-10/h7-8,10-11H,2-6,9,14H2,1H3. The van der Waals surface area contributed by atoms with E-state index in [-0.39, 0.29) is 6.04 Å². The number of nitrogens with two attached hydrogens (primary N) is 1. The molecular formula is C13H21N3OS. The van der Waals surface area contributed by atoms with Crippen molar-refractivity contribution in [2.45, 2.75) is 43.4 Å². The second kappa shape index (κ2) is 6.95. The number of aromatic nitrogens is 2. The molecule has 18 heavy (non-hydrogen) atoms. The van der Waals surface area contributed by atoms with Crippen molar-refractivity contribution >= 4 is 11.8 Å². The minimum absolute atomic E-state index is 0.0967. The maximum Gasteiger partial charge on any atom is 0.237 e. The summed E-state index contributed by atoms with van der Waals surface area (Å²) in [6.07, 6.45) is 10.1. The SMILES string of the molecule is COc1nccnc1C(N)CSC1CCCCC1. The Morgan fingerprint density at radius 3 is 2.78 bits per heavy atom. The first kappa shape index (κ1) is 13.6. The van der Waals surface area contributed by atoms with Gasteiger partial charge in [0.25, 0.3) is 0 Å². The van der Waals surface area contributed by atoms with Crippen LogP contribution in [0, 0.1) is 0 Å². The first-order valence-corrected chi connectivity index (χ1v) is 7.58. The van der Waals surface area contributed by atoms with Crippen LogP contribution in [0.1, 0.15) is 43.8 Å². The smallest absolute Gasteiger partial charge is 0.237 e. The third-order valence-corrected chi connectivity index (χ3v) is 4.79. The van der Waals surface area contributed by atoms with E-state index < -0.39 is 0 Å². The number of hydrogen-bond acceptors (Lipinski definition) is 5. The van der Waals surface area contributed by atoms with Gasteiger partial charge < -0.3 is 10.5 Å². The Kier molecular flexibility index (Phi) is 5.26. The van der Waals surface area contributed by atoms with E-state index in [0.29, 0.717) is 5.88 Å². The Hall–Kier alpha value is -0.810. The van der Waals surface area contributed by atoms with Gasteiger partial charge in [-0.05, 0) is 12.8 Å². The fraction of sp³-hybridized carbons (Fsp3) is 0.692. The predicted octanol–water partition coefficient (Wildman–Crippen LogP) is 2.55. The van der Waals surface area contributed by atoms with Gasteiger partial charge in [0, 0.05) is 23.4 Å². The van der Waals surface area contributed by atoms with Crippen LogP contribution in [0.15, 0.2) is 12.4 Å². The van der Waals surface area contributed by atoms with Crippen LogP contribution in [0.4, 0.5) is 0 Å². The van der Waals surface area contributed by atoms with Gasteiger partial charge in [-0.25, -0.2) is 4.98 Å². The molecule has 1 unspecified atom stereocenters. The van der Waals surface area contributed by atoms with E-state index in [2.05, 4.69) is 9.97 Å². The number of ether oxygens (including phenoxy) is 1. The first-order valence-electron chi connectivity index (χ1n) is 6.53. The van der Waals surface area contributed by atoms with Gasteiger partial charge in [0.05, 0.1) is 13.2 Å². The summed E-state index contributed by atoms with van der Waals surface area (Å²) in [5.74, 6) is 1.44. The third-order valence-electron chi connectivity index (χ3n) is 3.30. The molecule has 100 valence electrons. The van der Waals surface area contributed by atoms with Crippen molar-refractivity contribution in [3.63, 3.8) is 0 Å². The maximum absolute atomic E-state index is 6.19. The average Bonchev–Trinajstić information content (AvgIpc) is 2.45. The van der Waals surface area contributed by atoms with Gasteiger partial charge in [0.1, 0.15) is 5.69 Å². The first-order chi connectivity index (χ1) is 8.81. The summed E-state index contributed by atoms with van der Waals surface area (Å²) in [5, 5.41) is 0.771. The molecular weight excluding hydrogens is 246 g/mol. The molecule has 1 aromatic rings. The Bertz CT molecular complexity index is 369.